The number of hydrogen-bond acceptors (Lipinski definition) is 5. The van der Waals surface area contributed by atoms with Crippen LogP contribution in [0.2, 0.25) is 0 Å². The van der Waals surface area contributed by atoms with Crippen molar-refractivity contribution < 1.29 is 13.6 Å². The molecule has 4 rings (SSSR count). The third-order valence-electron chi connectivity index (χ3n) is 5.62. The predicted octanol–water partition coefficient (Wildman–Crippen LogP) is 3.17. The largest absolute Gasteiger partial charge is 0.338 e. The van der Waals surface area contributed by atoms with Crippen LogP contribution in [0, 0.1) is 5.92 Å². The molecular formula is C19H23F2N7O. The van der Waals surface area contributed by atoms with Gasteiger partial charge in [0.05, 0.1) is 23.1 Å². The summed E-state index contributed by atoms with van der Waals surface area (Å²) in [6, 6.07) is 1.39. The summed E-state index contributed by atoms with van der Waals surface area (Å²) < 4.78 is 28.2. The Morgan fingerprint density at radius 2 is 2.14 bits per heavy atom. The van der Waals surface area contributed by atoms with Gasteiger partial charge in [-0.05, 0) is 24.3 Å². The zero-order valence-corrected chi connectivity index (χ0v) is 16.5. The molecular weight excluding hydrogens is 380 g/mol. The van der Waals surface area contributed by atoms with E-state index in [-0.39, 0.29) is 35.1 Å². The lowest BCUT2D eigenvalue weighted by Gasteiger charge is -2.37. The number of carbonyl (C=O) groups excluding carboxylic acids is 1. The highest BCUT2D eigenvalue weighted by Gasteiger charge is 2.34. The molecule has 0 bridgehead atoms. The number of piperidine rings is 1. The van der Waals surface area contributed by atoms with Crippen molar-refractivity contribution >= 4 is 11.7 Å². The van der Waals surface area contributed by atoms with Crippen LogP contribution in [0.4, 0.5) is 8.78 Å². The molecule has 1 fully saturated rings. The first-order valence-electron chi connectivity index (χ1n) is 9.68. The maximum atomic E-state index is 13.4. The van der Waals surface area contributed by atoms with Crippen molar-refractivity contribution in [3.63, 3.8) is 0 Å². The Morgan fingerprint density at radius 3 is 2.86 bits per heavy atom. The number of fused-ring (bicyclic) bond motifs is 1. The van der Waals surface area contributed by atoms with E-state index in [1.54, 1.807) is 11.1 Å². The summed E-state index contributed by atoms with van der Waals surface area (Å²) in [6.45, 7) is 7.07. The number of nitrogens with one attached hydrogen (secondary N) is 1. The van der Waals surface area contributed by atoms with E-state index in [0.717, 1.165) is 12.1 Å². The standard InChI is InChI=1S/C19H23F2N7O/c1-10(2)16-12(7-23-26-16)18(29)27-5-4-11(3)13(8-27)15-6-14(17(20)21)25-19-22-9-24-28(15)19/h6-7,9-11,13,17H,4-5,8H2,1-3H3,(H,23,26)/t11-,13-/m1/s1. The second-order valence-electron chi connectivity index (χ2n) is 7.85. The van der Waals surface area contributed by atoms with Crippen LogP contribution in [0.15, 0.2) is 18.6 Å². The number of aromatic nitrogens is 6. The van der Waals surface area contributed by atoms with Crippen LogP contribution in [0.5, 0.6) is 0 Å². The number of carbonyl (C=O) groups is 1. The molecule has 4 heterocycles. The van der Waals surface area contributed by atoms with E-state index in [0.29, 0.717) is 24.3 Å². The average molecular weight is 403 g/mol. The number of alkyl halides is 2. The fourth-order valence-electron chi connectivity index (χ4n) is 3.95. The topological polar surface area (TPSA) is 92.1 Å². The summed E-state index contributed by atoms with van der Waals surface area (Å²) in [6.07, 6.45) is 0.916. The maximum Gasteiger partial charge on any atom is 0.280 e. The number of hydrogen-bond donors (Lipinski definition) is 1. The van der Waals surface area contributed by atoms with E-state index < -0.39 is 6.43 Å². The van der Waals surface area contributed by atoms with Crippen molar-refractivity contribution in [2.45, 2.75) is 45.5 Å². The Hall–Kier alpha value is -2.91. The van der Waals surface area contributed by atoms with Gasteiger partial charge in [-0.15, -0.1) is 0 Å². The van der Waals surface area contributed by atoms with Gasteiger partial charge in [-0.1, -0.05) is 20.8 Å². The molecule has 0 aliphatic carbocycles. The number of aromatic amines is 1. The fraction of sp³-hybridized carbons (Fsp3) is 0.526. The van der Waals surface area contributed by atoms with Crippen LogP contribution in [-0.2, 0) is 0 Å². The molecule has 10 heteroatoms. The van der Waals surface area contributed by atoms with Gasteiger partial charge in [0, 0.05) is 19.0 Å². The van der Waals surface area contributed by atoms with Crippen LogP contribution in [0.25, 0.3) is 5.78 Å². The molecule has 0 spiro atoms. The van der Waals surface area contributed by atoms with Gasteiger partial charge in [0.15, 0.2) is 0 Å². The van der Waals surface area contributed by atoms with Crippen LogP contribution in [0.1, 0.15) is 72.9 Å². The van der Waals surface area contributed by atoms with E-state index in [4.69, 9.17) is 0 Å². The predicted molar refractivity (Wildman–Crippen MR) is 101 cm³/mol. The van der Waals surface area contributed by atoms with Gasteiger partial charge in [-0.3, -0.25) is 9.89 Å². The van der Waals surface area contributed by atoms with Gasteiger partial charge in [-0.25, -0.2) is 18.3 Å². The summed E-state index contributed by atoms with van der Waals surface area (Å²) in [5.41, 5.74) is 1.63. The number of likely N-dealkylation sites (tertiary alicyclic amines) is 1. The normalized spacial score (nSPS) is 20.2. The minimum Gasteiger partial charge on any atom is -0.338 e. The summed E-state index contributed by atoms with van der Waals surface area (Å²) in [5.74, 6) is 0.210. The van der Waals surface area contributed by atoms with Crippen LogP contribution < -0.4 is 0 Å². The highest BCUT2D eigenvalue weighted by atomic mass is 19.3. The zero-order chi connectivity index (χ0) is 20.7. The van der Waals surface area contributed by atoms with Crippen molar-refractivity contribution in [3.8, 4) is 0 Å². The first-order valence-corrected chi connectivity index (χ1v) is 9.68. The minimum atomic E-state index is -2.70. The van der Waals surface area contributed by atoms with Crippen LogP contribution in [0.3, 0.4) is 0 Å². The first kappa shape index (κ1) is 19.4. The van der Waals surface area contributed by atoms with E-state index in [1.165, 1.54) is 16.9 Å². The summed E-state index contributed by atoms with van der Waals surface area (Å²) >= 11 is 0. The lowest BCUT2D eigenvalue weighted by atomic mass is 9.84. The summed E-state index contributed by atoms with van der Waals surface area (Å²) in [7, 11) is 0. The van der Waals surface area contributed by atoms with Gasteiger partial charge in [0.25, 0.3) is 18.1 Å². The van der Waals surface area contributed by atoms with E-state index in [2.05, 4.69) is 32.2 Å². The lowest BCUT2D eigenvalue weighted by Crippen LogP contribution is -2.43. The highest BCUT2D eigenvalue weighted by molar-refractivity contribution is 5.95. The molecule has 0 unspecified atom stereocenters. The van der Waals surface area contributed by atoms with Crippen molar-refractivity contribution in [2.75, 3.05) is 13.1 Å². The fourth-order valence-corrected chi connectivity index (χ4v) is 3.95. The summed E-state index contributed by atoms with van der Waals surface area (Å²) in [4.78, 5) is 22.8. The van der Waals surface area contributed by atoms with Crippen molar-refractivity contribution in [1.29, 1.82) is 0 Å². The second-order valence-corrected chi connectivity index (χ2v) is 7.85. The SMILES string of the molecule is CC(C)c1[nH]ncc1C(=O)N1CC[C@@H](C)[C@H](c2cc(C(F)F)nc3ncnn23)C1. The highest BCUT2D eigenvalue weighted by Crippen LogP contribution is 2.34. The molecule has 29 heavy (non-hydrogen) atoms. The number of rotatable bonds is 4. The van der Waals surface area contributed by atoms with Gasteiger partial charge in [-0.2, -0.15) is 15.2 Å². The molecule has 3 aromatic rings. The molecule has 3 aromatic heterocycles. The molecule has 1 saturated heterocycles. The lowest BCUT2D eigenvalue weighted by molar-refractivity contribution is 0.0664. The number of amides is 1. The number of nitrogens with zero attached hydrogens (tertiary/aromatic N) is 6. The molecule has 154 valence electrons. The molecule has 0 saturated carbocycles. The Labute approximate surface area is 166 Å². The van der Waals surface area contributed by atoms with Gasteiger partial charge in [0.2, 0.25) is 0 Å². The summed E-state index contributed by atoms with van der Waals surface area (Å²) in [5, 5.41) is 11.1. The Bertz CT molecular complexity index is 1030. The molecule has 1 N–H and O–H groups in total. The third kappa shape index (κ3) is 3.47. The maximum absolute atomic E-state index is 13.4. The van der Waals surface area contributed by atoms with Gasteiger partial charge in [0.1, 0.15) is 12.0 Å². The molecule has 8 nitrogen and oxygen atoms in total. The second kappa shape index (κ2) is 7.49. The van der Waals surface area contributed by atoms with Crippen LogP contribution in [-0.4, -0.2) is 53.7 Å². The monoisotopic (exact) mass is 403 g/mol. The zero-order valence-electron chi connectivity index (χ0n) is 16.5. The van der Waals surface area contributed by atoms with E-state index in [1.807, 2.05) is 13.8 Å². The van der Waals surface area contributed by atoms with Crippen LogP contribution >= 0.6 is 0 Å². The Kier molecular flexibility index (Phi) is 5.01. The van der Waals surface area contributed by atoms with Crippen molar-refractivity contribution in [2.24, 2.45) is 5.92 Å². The first-order chi connectivity index (χ1) is 13.9. The third-order valence-corrected chi connectivity index (χ3v) is 5.62. The average Bonchev–Trinajstić information content (AvgIpc) is 3.36. The van der Waals surface area contributed by atoms with Gasteiger partial charge >= 0.3 is 0 Å². The number of H-pyrrole nitrogens is 1. The quantitative estimate of drug-likeness (QED) is 0.722. The Morgan fingerprint density at radius 1 is 1.34 bits per heavy atom. The molecule has 1 amide bonds. The molecule has 0 aromatic carbocycles. The van der Waals surface area contributed by atoms with Crippen molar-refractivity contribution in [1.82, 2.24) is 34.7 Å². The molecule has 0 radical (unpaired) electrons. The van der Waals surface area contributed by atoms with E-state index >= 15 is 0 Å². The van der Waals surface area contributed by atoms with Gasteiger partial charge < -0.3 is 4.90 Å². The number of halogens is 2. The minimum absolute atomic E-state index is 0.0997. The molecule has 1 aliphatic rings. The smallest absolute Gasteiger partial charge is 0.280 e. The van der Waals surface area contributed by atoms with Crippen molar-refractivity contribution in [3.05, 3.63) is 41.2 Å². The molecule has 2 atom stereocenters. The molecule has 1 aliphatic heterocycles. The van der Waals surface area contributed by atoms with E-state index in [9.17, 15) is 13.6 Å². The Balaban J connectivity index is 1.68.